The molecule has 0 aromatic carbocycles. The molecule has 0 saturated carbocycles. The Kier molecular flexibility index (Phi) is 5.16. The van der Waals surface area contributed by atoms with Gasteiger partial charge in [-0.2, -0.15) is 5.10 Å². The van der Waals surface area contributed by atoms with Crippen molar-refractivity contribution in [3.8, 4) is 0 Å². The van der Waals surface area contributed by atoms with Gasteiger partial charge in [-0.05, 0) is 33.9 Å². The second kappa shape index (κ2) is 6.06. The van der Waals surface area contributed by atoms with Crippen LogP contribution in [0.1, 0.15) is 39.1 Å². The smallest absolute Gasteiger partial charge is 0.158 e. The molecule has 1 aromatic heterocycles. The minimum absolute atomic E-state index is 0.168. The van der Waals surface area contributed by atoms with Crippen molar-refractivity contribution in [2.45, 2.75) is 46.6 Å². The first-order valence-corrected chi connectivity index (χ1v) is 7.09. The van der Waals surface area contributed by atoms with E-state index in [4.69, 9.17) is 11.6 Å². The van der Waals surface area contributed by atoms with Crippen LogP contribution in [0.25, 0.3) is 0 Å². The van der Waals surface area contributed by atoms with Crippen LogP contribution in [0, 0.1) is 6.92 Å². The Morgan fingerprint density at radius 1 is 1.37 bits per heavy atom. The van der Waals surface area contributed by atoms with Crippen molar-refractivity contribution in [2.75, 3.05) is 13.1 Å². The molecule has 0 unspecified atom stereocenters. The Bertz CT molecular complexity index is 462. The maximum Gasteiger partial charge on any atom is 0.158 e. The van der Waals surface area contributed by atoms with Crippen LogP contribution >= 0.6 is 11.6 Å². The third-order valence-corrected chi connectivity index (χ3v) is 4.32. The summed E-state index contributed by atoms with van der Waals surface area (Å²) >= 11 is 6.21. The number of aryl methyl sites for hydroxylation is 2. The largest absolute Gasteiger partial charge is 0.297 e. The zero-order chi connectivity index (χ0) is 14.8. The molecule has 0 N–H and O–H groups in total. The van der Waals surface area contributed by atoms with E-state index in [1.54, 1.807) is 4.68 Å². The van der Waals surface area contributed by atoms with Gasteiger partial charge in [-0.15, -0.1) is 0 Å². The lowest BCUT2D eigenvalue weighted by molar-refractivity contribution is -0.128. The van der Waals surface area contributed by atoms with Crippen LogP contribution in [0.4, 0.5) is 0 Å². The summed E-state index contributed by atoms with van der Waals surface area (Å²) in [6.07, 6.45) is 0.319. The lowest BCUT2D eigenvalue weighted by atomic mass is 9.93. The zero-order valence-corrected chi connectivity index (χ0v) is 13.5. The van der Waals surface area contributed by atoms with Gasteiger partial charge in [0, 0.05) is 7.05 Å². The van der Waals surface area contributed by atoms with E-state index < -0.39 is 5.54 Å². The minimum atomic E-state index is -0.481. The van der Waals surface area contributed by atoms with E-state index in [0.29, 0.717) is 11.4 Å². The Hall–Kier alpha value is -0.870. The van der Waals surface area contributed by atoms with Gasteiger partial charge in [0.05, 0.1) is 28.4 Å². The molecule has 0 saturated heterocycles. The molecule has 0 amide bonds. The number of carbonyl (C=O) groups is 1. The van der Waals surface area contributed by atoms with Gasteiger partial charge in [-0.1, -0.05) is 25.4 Å². The number of nitrogens with zero attached hydrogens (tertiary/aromatic N) is 3. The molecule has 19 heavy (non-hydrogen) atoms. The van der Waals surface area contributed by atoms with Gasteiger partial charge in [0.2, 0.25) is 0 Å². The summed E-state index contributed by atoms with van der Waals surface area (Å²) in [5.41, 5.74) is 1.09. The number of aromatic nitrogens is 2. The molecular weight excluding hydrogens is 262 g/mol. The average Bonchev–Trinajstić information content (AvgIpc) is 2.57. The number of halogens is 1. The van der Waals surface area contributed by atoms with E-state index in [2.05, 4.69) is 23.8 Å². The molecule has 108 valence electrons. The van der Waals surface area contributed by atoms with Crippen LogP contribution in [0.3, 0.4) is 0 Å². The fourth-order valence-electron chi connectivity index (χ4n) is 2.43. The topological polar surface area (TPSA) is 38.1 Å². The van der Waals surface area contributed by atoms with Crippen molar-refractivity contribution in [3.05, 3.63) is 16.4 Å². The van der Waals surface area contributed by atoms with Gasteiger partial charge in [0.15, 0.2) is 5.78 Å². The Morgan fingerprint density at radius 2 is 1.89 bits per heavy atom. The molecule has 1 rings (SSSR count). The molecule has 0 aliphatic rings. The van der Waals surface area contributed by atoms with Gasteiger partial charge in [0.25, 0.3) is 0 Å². The second-order valence-corrected chi connectivity index (χ2v) is 5.68. The molecule has 0 spiro atoms. The van der Waals surface area contributed by atoms with E-state index in [0.717, 1.165) is 24.5 Å². The summed E-state index contributed by atoms with van der Waals surface area (Å²) in [6, 6.07) is 0. The molecule has 0 aliphatic heterocycles. The molecule has 0 radical (unpaired) electrons. The lowest BCUT2D eigenvalue weighted by Gasteiger charge is -2.35. The van der Waals surface area contributed by atoms with Crippen LogP contribution in [0.5, 0.6) is 0 Å². The van der Waals surface area contributed by atoms with Crippen molar-refractivity contribution in [1.29, 1.82) is 0 Å². The fraction of sp³-hybridized carbons (Fsp3) is 0.714. The van der Waals surface area contributed by atoms with Crippen LogP contribution in [-0.4, -0.2) is 39.1 Å². The number of Topliss-reactive ketones (excluding diaryl/α,β-unsaturated/α-hetero) is 1. The normalized spacial score (nSPS) is 12.2. The molecule has 0 atom stereocenters. The Labute approximate surface area is 120 Å². The van der Waals surface area contributed by atoms with Gasteiger partial charge < -0.3 is 0 Å². The second-order valence-electron chi connectivity index (χ2n) is 5.30. The van der Waals surface area contributed by atoms with Gasteiger partial charge >= 0.3 is 0 Å². The number of likely N-dealkylation sites (N-methyl/N-ethyl adjacent to an activating group) is 1. The van der Waals surface area contributed by atoms with Crippen LogP contribution in [-0.2, 0) is 18.3 Å². The summed E-state index contributed by atoms with van der Waals surface area (Å²) in [4.78, 5) is 14.7. The predicted molar refractivity (Wildman–Crippen MR) is 78.7 cm³/mol. The van der Waals surface area contributed by atoms with Crippen LogP contribution < -0.4 is 0 Å². The molecule has 0 aliphatic carbocycles. The van der Waals surface area contributed by atoms with Crippen LogP contribution in [0.2, 0.25) is 5.02 Å². The fourth-order valence-corrected chi connectivity index (χ4v) is 2.66. The van der Waals surface area contributed by atoms with E-state index >= 15 is 0 Å². The highest BCUT2D eigenvalue weighted by atomic mass is 35.5. The SMILES string of the molecule is CCN(CC)C(C)(C)C(=O)Cc1c(Cl)c(C)nn1C. The molecule has 4 nitrogen and oxygen atoms in total. The average molecular weight is 286 g/mol. The van der Waals surface area contributed by atoms with Gasteiger partial charge in [-0.25, -0.2) is 0 Å². The molecule has 1 heterocycles. The van der Waals surface area contributed by atoms with E-state index in [1.807, 2.05) is 27.8 Å². The molecule has 0 bridgehead atoms. The van der Waals surface area contributed by atoms with Crippen molar-refractivity contribution in [2.24, 2.45) is 7.05 Å². The van der Waals surface area contributed by atoms with E-state index in [-0.39, 0.29) is 5.78 Å². The predicted octanol–water partition coefficient (Wildman–Crippen LogP) is 2.61. The van der Waals surface area contributed by atoms with Gasteiger partial charge in [0.1, 0.15) is 0 Å². The molecule has 5 heteroatoms. The summed E-state index contributed by atoms with van der Waals surface area (Å²) in [6.45, 7) is 11.6. The first kappa shape index (κ1) is 16.2. The number of carbonyl (C=O) groups excluding carboxylic acids is 1. The highest BCUT2D eigenvalue weighted by Gasteiger charge is 2.33. The number of rotatable bonds is 6. The highest BCUT2D eigenvalue weighted by Crippen LogP contribution is 2.23. The zero-order valence-electron chi connectivity index (χ0n) is 12.7. The highest BCUT2D eigenvalue weighted by molar-refractivity contribution is 6.32. The first-order valence-electron chi connectivity index (χ1n) is 6.71. The van der Waals surface area contributed by atoms with Crippen molar-refractivity contribution >= 4 is 17.4 Å². The third-order valence-electron chi connectivity index (χ3n) is 3.83. The number of hydrogen-bond acceptors (Lipinski definition) is 3. The quantitative estimate of drug-likeness (QED) is 0.806. The number of ketones is 1. The van der Waals surface area contributed by atoms with Crippen molar-refractivity contribution in [1.82, 2.24) is 14.7 Å². The van der Waals surface area contributed by atoms with E-state index in [9.17, 15) is 4.79 Å². The maximum absolute atomic E-state index is 12.6. The Balaban J connectivity index is 2.96. The molecule has 1 aromatic rings. The number of hydrogen-bond donors (Lipinski definition) is 0. The van der Waals surface area contributed by atoms with E-state index in [1.165, 1.54) is 0 Å². The summed E-state index contributed by atoms with van der Waals surface area (Å²) in [7, 11) is 1.83. The third kappa shape index (κ3) is 3.18. The first-order chi connectivity index (χ1) is 8.75. The lowest BCUT2D eigenvalue weighted by Crippen LogP contribution is -2.50. The Morgan fingerprint density at radius 3 is 2.26 bits per heavy atom. The maximum atomic E-state index is 12.6. The summed E-state index contributed by atoms with van der Waals surface area (Å²) in [5, 5.41) is 4.85. The van der Waals surface area contributed by atoms with Crippen molar-refractivity contribution < 1.29 is 4.79 Å². The summed E-state index contributed by atoms with van der Waals surface area (Å²) < 4.78 is 1.70. The monoisotopic (exact) mass is 285 g/mol. The standard InChI is InChI=1S/C14H24ClN3O/c1-7-18(8-2)14(4,5)12(19)9-11-13(15)10(3)16-17(11)6/h7-9H2,1-6H3. The van der Waals surface area contributed by atoms with Gasteiger partial charge in [-0.3, -0.25) is 14.4 Å². The van der Waals surface area contributed by atoms with Crippen LogP contribution in [0.15, 0.2) is 0 Å². The summed E-state index contributed by atoms with van der Waals surface area (Å²) in [5.74, 6) is 0.168. The molecule has 0 fully saturated rings. The molecular formula is C14H24ClN3O. The van der Waals surface area contributed by atoms with Crippen molar-refractivity contribution in [3.63, 3.8) is 0 Å². The minimum Gasteiger partial charge on any atom is -0.297 e.